The molecule has 2 heterocycles. The van der Waals surface area contributed by atoms with Gasteiger partial charge in [-0.1, -0.05) is 18.2 Å². The first-order chi connectivity index (χ1) is 14.3. The first-order valence-corrected chi connectivity index (χ1v) is 9.28. The molecule has 2 N–H and O–H groups in total. The summed E-state index contributed by atoms with van der Waals surface area (Å²) in [5.41, 5.74) is -0.863. The predicted molar refractivity (Wildman–Crippen MR) is 104 cm³/mol. The van der Waals surface area contributed by atoms with Crippen molar-refractivity contribution < 1.29 is 28.3 Å². The Morgan fingerprint density at radius 3 is 2.73 bits per heavy atom. The molecule has 30 heavy (non-hydrogen) atoms. The Kier molecular flexibility index (Phi) is 4.73. The number of urea groups is 1. The molecule has 154 valence electrons. The fourth-order valence-electron chi connectivity index (χ4n) is 3.77. The highest BCUT2D eigenvalue weighted by Crippen LogP contribution is 2.41. The monoisotopic (exact) mass is 411 g/mol. The molecule has 1 unspecified atom stereocenters. The van der Waals surface area contributed by atoms with Crippen LogP contribution in [0.4, 0.5) is 14.9 Å². The van der Waals surface area contributed by atoms with Crippen molar-refractivity contribution in [3.63, 3.8) is 0 Å². The van der Waals surface area contributed by atoms with Crippen LogP contribution in [0.15, 0.2) is 42.5 Å². The van der Waals surface area contributed by atoms with Gasteiger partial charge in [0.1, 0.15) is 11.6 Å². The molecule has 1 spiro atoms. The zero-order valence-electron chi connectivity index (χ0n) is 16.0. The number of Topliss-reactive ketones (excluding diaryl/α,β-unsaturated/α-hetero) is 1. The fraction of sp³-hybridized carbons (Fsp3) is 0.238. The maximum absolute atomic E-state index is 14.4. The van der Waals surface area contributed by atoms with Gasteiger partial charge in [0, 0.05) is 24.6 Å². The van der Waals surface area contributed by atoms with Crippen molar-refractivity contribution >= 4 is 29.3 Å². The number of para-hydroxylation sites is 1. The number of fused-ring (bicyclic) bond motifs is 2. The number of ketones is 1. The Morgan fingerprint density at radius 2 is 2.00 bits per heavy atom. The van der Waals surface area contributed by atoms with E-state index in [0.29, 0.717) is 11.3 Å². The Balaban J connectivity index is 1.58. The van der Waals surface area contributed by atoms with Crippen molar-refractivity contribution in [2.75, 3.05) is 18.5 Å². The average Bonchev–Trinajstić information content (AvgIpc) is 2.92. The van der Waals surface area contributed by atoms with Crippen molar-refractivity contribution in [3.05, 3.63) is 59.4 Å². The van der Waals surface area contributed by atoms with Crippen LogP contribution in [0.3, 0.4) is 0 Å². The molecule has 9 heteroatoms. The SMILES string of the molecule is CC(=O)Nc1ccc(C(=O)CN2C(=O)NC3(CCOc4ccccc43)C2=O)c(F)c1. The zero-order chi connectivity index (χ0) is 21.5. The number of carbonyl (C=O) groups excluding carboxylic acids is 4. The Labute approximate surface area is 171 Å². The Bertz CT molecular complexity index is 1090. The number of imide groups is 1. The second kappa shape index (κ2) is 7.25. The summed E-state index contributed by atoms with van der Waals surface area (Å²) in [6, 6.07) is 9.76. The molecule has 0 bridgehead atoms. The number of hydrogen-bond donors (Lipinski definition) is 2. The van der Waals surface area contributed by atoms with Crippen molar-refractivity contribution in [2.24, 2.45) is 0 Å². The van der Waals surface area contributed by atoms with Crippen molar-refractivity contribution in [3.8, 4) is 5.75 Å². The molecule has 0 saturated carbocycles. The van der Waals surface area contributed by atoms with Crippen molar-refractivity contribution in [2.45, 2.75) is 18.9 Å². The zero-order valence-corrected chi connectivity index (χ0v) is 16.0. The first-order valence-electron chi connectivity index (χ1n) is 9.28. The molecule has 2 aliphatic heterocycles. The number of anilines is 1. The van der Waals surface area contributed by atoms with Crippen molar-refractivity contribution in [1.29, 1.82) is 0 Å². The summed E-state index contributed by atoms with van der Waals surface area (Å²) in [6.45, 7) is 0.898. The topological polar surface area (TPSA) is 105 Å². The van der Waals surface area contributed by atoms with Crippen LogP contribution in [0.5, 0.6) is 5.75 Å². The molecule has 4 amide bonds. The van der Waals surface area contributed by atoms with Crippen LogP contribution in [0, 0.1) is 5.82 Å². The Morgan fingerprint density at radius 1 is 1.23 bits per heavy atom. The normalized spacial score (nSPS) is 19.9. The lowest BCUT2D eigenvalue weighted by molar-refractivity contribution is -0.132. The van der Waals surface area contributed by atoms with Gasteiger partial charge in [0.15, 0.2) is 11.3 Å². The number of nitrogens with zero attached hydrogens (tertiary/aromatic N) is 1. The minimum absolute atomic E-state index is 0.198. The van der Waals surface area contributed by atoms with E-state index in [4.69, 9.17) is 4.74 Å². The molecule has 1 saturated heterocycles. The van der Waals surface area contributed by atoms with Gasteiger partial charge < -0.3 is 15.4 Å². The number of carbonyl (C=O) groups is 4. The highest BCUT2D eigenvalue weighted by molar-refractivity contribution is 6.11. The van der Waals surface area contributed by atoms with E-state index in [1.165, 1.54) is 19.1 Å². The summed E-state index contributed by atoms with van der Waals surface area (Å²) in [6.07, 6.45) is 0.221. The fourth-order valence-corrected chi connectivity index (χ4v) is 3.77. The number of nitrogens with one attached hydrogen (secondary N) is 2. The third kappa shape index (κ3) is 3.18. The summed E-state index contributed by atoms with van der Waals surface area (Å²) in [4.78, 5) is 50.2. The van der Waals surface area contributed by atoms with Crippen LogP contribution in [-0.4, -0.2) is 41.7 Å². The van der Waals surface area contributed by atoms with E-state index in [1.54, 1.807) is 24.3 Å². The summed E-state index contributed by atoms with van der Waals surface area (Å²) in [5.74, 6) is -2.06. The van der Waals surface area contributed by atoms with E-state index < -0.39 is 35.6 Å². The highest BCUT2D eigenvalue weighted by atomic mass is 19.1. The van der Waals surface area contributed by atoms with E-state index in [-0.39, 0.29) is 30.2 Å². The maximum Gasteiger partial charge on any atom is 0.325 e. The van der Waals surface area contributed by atoms with E-state index in [9.17, 15) is 23.6 Å². The third-order valence-electron chi connectivity index (χ3n) is 5.15. The van der Waals surface area contributed by atoms with Gasteiger partial charge in [-0.05, 0) is 24.3 Å². The molecular weight excluding hydrogens is 393 g/mol. The molecule has 8 nitrogen and oxygen atoms in total. The van der Waals surface area contributed by atoms with Gasteiger partial charge in [-0.25, -0.2) is 9.18 Å². The van der Waals surface area contributed by atoms with Crippen LogP contribution in [0.2, 0.25) is 0 Å². The molecule has 2 aliphatic rings. The van der Waals surface area contributed by atoms with Gasteiger partial charge in [-0.3, -0.25) is 19.3 Å². The molecule has 0 aromatic heterocycles. The quantitative estimate of drug-likeness (QED) is 0.593. The van der Waals surface area contributed by atoms with Crippen LogP contribution >= 0.6 is 0 Å². The third-order valence-corrected chi connectivity index (χ3v) is 5.15. The minimum atomic E-state index is -1.31. The van der Waals surface area contributed by atoms with E-state index in [2.05, 4.69) is 10.6 Å². The molecule has 2 aromatic rings. The molecule has 0 radical (unpaired) electrons. The largest absolute Gasteiger partial charge is 0.493 e. The number of ether oxygens (including phenoxy) is 1. The summed E-state index contributed by atoms with van der Waals surface area (Å²) >= 11 is 0. The van der Waals surface area contributed by atoms with Crippen LogP contribution < -0.4 is 15.4 Å². The maximum atomic E-state index is 14.4. The lowest BCUT2D eigenvalue weighted by Gasteiger charge is -2.33. The van der Waals surface area contributed by atoms with Gasteiger partial charge in [0.05, 0.1) is 18.7 Å². The van der Waals surface area contributed by atoms with E-state index in [1.807, 2.05) is 0 Å². The van der Waals surface area contributed by atoms with E-state index in [0.717, 1.165) is 11.0 Å². The smallest absolute Gasteiger partial charge is 0.325 e. The van der Waals surface area contributed by atoms with Crippen LogP contribution in [-0.2, 0) is 15.1 Å². The van der Waals surface area contributed by atoms with E-state index >= 15 is 0 Å². The van der Waals surface area contributed by atoms with Crippen LogP contribution in [0.1, 0.15) is 29.3 Å². The van der Waals surface area contributed by atoms with Crippen molar-refractivity contribution in [1.82, 2.24) is 10.2 Å². The number of benzene rings is 2. The van der Waals surface area contributed by atoms with Gasteiger partial charge in [-0.15, -0.1) is 0 Å². The molecule has 1 fully saturated rings. The lowest BCUT2D eigenvalue weighted by atomic mass is 9.84. The number of halogens is 1. The van der Waals surface area contributed by atoms with Crippen LogP contribution in [0.25, 0.3) is 0 Å². The predicted octanol–water partition coefficient (Wildman–Crippen LogP) is 2.20. The average molecular weight is 411 g/mol. The lowest BCUT2D eigenvalue weighted by Crippen LogP contribution is -2.47. The van der Waals surface area contributed by atoms with Gasteiger partial charge >= 0.3 is 6.03 Å². The summed E-state index contributed by atoms with van der Waals surface area (Å²) in [7, 11) is 0. The van der Waals surface area contributed by atoms with Gasteiger partial charge in [-0.2, -0.15) is 0 Å². The molecule has 1 atom stereocenters. The summed E-state index contributed by atoms with van der Waals surface area (Å²) < 4.78 is 19.9. The standard InChI is InChI=1S/C21H18FN3O5/c1-12(26)23-13-6-7-14(16(22)10-13)17(27)11-25-19(28)21(24-20(25)29)8-9-30-18-5-3-2-4-15(18)21/h2-7,10H,8-9,11H2,1H3,(H,23,26)(H,24,29). The number of hydrogen-bond acceptors (Lipinski definition) is 5. The number of amides is 4. The number of rotatable bonds is 4. The summed E-state index contributed by atoms with van der Waals surface area (Å²) in [5, 5.41) is 5.11. The second-order valence-corrected chi connectivity index (χ2v) is 7.12. The highest BCUT2D eigenvalue weighted by Gasteiger charge is 2.55. The molecule has 4 rings (SSSR count). The minimum Gasteiger partial charge on any atom is -0.493 e. The first kappa shape index (κ1) is 19.6. The molecular formula is C21H18FN3O5. The molecule has 0 aliphatic carbocycles. The van der Waals surface area contributed by atoms with Gasteiger partial charge in [0.2, 0.25) is 5.91 Å². The Hall–Kier alpha value is -3.75. The second-order valence-electron chi connectivity index (χ2n) is 7.12. The van der Waals surface area contributed by atoms with Gasteiger partial charge in [0.25, 0.3) is 5.91 Å². The molecule has 2 aromatic carbocycles.